The fourth-order valence-corrected chi connectivity index (χ4v) is 4.45. The van der Waals surface area contributed by atoms with Crippen LogP contribution in [-0.4, -0.2) is 59.2 Å². The molecular weight excluding hydrogens is 364 g/mol. The number of pyridine rings is 1. The highest BCUT2D eigenvalue weighted by Crippen LogP contribution is 2.28. The van der Waals surface area contributed by atoms with Crippen LogP contribution >= 0.6 is 0 Å². The van der Waals surface area contributed by atoms with Crippen molar-refractivity contribution >= 4 is 21.8 Å². The third kappa shape index (κ3) is 4.60. The van der Waals surface area contributed by atoms with Crippen LogP contribution in [0, 0.1) is 13.8 Å². The van der Waals surface area contributed by atoms with E-state index in [1.54, 1.807) is 24.6 Å². The molecule has 0 radical (unpaired) electrons. The lowest BCUT2D eigenvalue weighted by Crippen LogP contribution is -2.45. The van der Waals surface area contributed by atoms with Crippen molar-refractivity contribution in [1.82, 2.24) is 23.6 Å². The molecule has 9 heteroatoms. The Balaban J connectivity index is 1.71. The summed E-state index contributed by atoms with van der Waals surface area (Å²) in [6, 6.07) is 5.80. The maximum atomic E-state index is 12.4. The monoisotopic (exact) mass is 390 g/mol. The van der Waals surface area contributed by atoms with Crippen LogP contribution < -0.4 is 5.32 Å². The topological polar surface area (TPSA) is 91.3 Å². The van der Waals surface area contributed by atoms with E-state index in [0.717, 1.165) is 35.6 Å². The minimum atomic E-state index is -3.39. The molecule has 0 spiro atoms. The van der Waals surface area contributed by atoms with Crippen molar-refractivity contribution in [2.24, 2.45) is 0 Å². The molecule has 0 saturated carbocycles. The lowest BCUT2D eigenvalue weighted by atomic mass is 9.95. The summed E-state index contributed by atoms with van der Waals surface area (Å²) in [5.74, 6) is 0.642. The second kappa shape index (κ2) is 7.87. The molecule has 0 aliphatic carbocycles. The summed E-state index contributed by atoms with van der Waals surface area (Å²) in [6.07, 6.45) is 3.50. The standard InChI is InChI=1S/C18H26N6O2S/c1-13-10-14(2)21-18(20-13)22-16-7-8-17(19-11-16)15-6-5-9-24(12-15)27(25,26)23(3)4/h7-8,10-11,15H,5-6,9,12H2,1-4H3,(H,20,21,22). The number of aryl methyl sites for hydroxylation is 2. The molecule has 146 valence electrons. The van der Waals surface area contributed by atoms with Crippen LogP contribution in [0.5, 0.6) is 0 Å². The van der Waals surface area contributed by atoms with Crippen molar-refractivity contribution in [3.05, 3.63) is 41.5 Å². The Morgan fingerprint density at radius 1 is 1.19 bits per heavy atom. The SMILES string of the molecule is Cc1cc(C)nc(Nc2ccc(C3CCCN(S(=O)(=O)N(C)C)C3)nc2)n1. The molecule has 27 heavy (non-hydrogen) atoms. The molecule has 0 amide bonds. The Kier molecular flexibility index (Phi) is 5.73. The first kappa shape index (κ1) is 19.7. The van der Waals surface area contributed by atoms with E-state index in [4.69, 9.17) is 0 Å². The summed E-state index contributed by atoms with van der Waals surface area (Å²) < 4.78 is 27.6. The van der Waals surface area contributed by atoms with Crippen molar-refractivity contribution in [1.29, 1.82) is 0 Å². The second-order valence-electron chi connectivity index (χ2n) is 7.06. The molecule has 1 aliphatic heterocycles. The van der Waals surface area contributed by atoms with Crippen molar-refractivity contribution in [3.63, 3.8) is 0 Å². The molecule has 0 bridgehead atoms. The first-order valence-electron chi connectivity index (χ1n) is 8.98. The van der Waals surface area contributed by atoms with Gasteiger partial charge in [0, 0.05) is 50.2 Å². The summed E-state index contributed by atoms with van der Waals surface area (Å²) in [6.45, 7) is 4.87. The first-order valence-corrected chi connectivity index (χ1v) is 10.4. The quantitative estimate of drug-likeness (QED) is 0.842. The van der Waals surface area contributed by atoms with Crippen LogP contribution in [-0.2, 0) is 10.2 Å². The highest BCUT2D eigenvalue weighted by atomic mass is 32.2. The largest absolute Gasteiger partial charge is 0.323 e. The summed E-state index contributed by atoms with van der Waals surface area (Å²) in [5.41, 5.74) is 3.51. The molecule has 3 rings (SSSR count). The highest BCUT2D eigenvalue weighted by Gasteiger charge is 2.31. The van der Waals surface area contributed by atoms with Crippen LogP contribution in [0.2, 0.25) is 0 Å². The highest BCUT2D eigenvalue weighted by molar-refractivity contribution is 7.86. The zero-order valence-corrected chi connectivity index (χ0v) is 17.0. The lowest BCUT2D eigenvalue weighted by molar-refractivity contribution is 0.296. The van der Waals surface area contributed by atoms with Gasteiger partial charge in [-0.3, -0.25) is 4.98 Å². The van der Waals surface area contributed by atoms with E-state index >= 15 is 0 Å². The number of hydrogen-bond acceptors (Lipinski definition) is 6. The van der Waals surface area contributed by atoms with Gasteiger partial charge >= 0.3 is 0 Å². The van der Waals surface area contributed by atoms with E-state index in [2.05, 4.69) is 20.3 Å². The van der Waals surface area contributed by atoms with E-state index in [0.29, 0.717) is 19.0 Å². The molecule has 0 aromatic carbocycles. The van der Waals surface area contributed by atoms with Gasteiger partial charge in [-0.05, 0) is 44.9 Å². The van der Waals surface area contributed by atoms with Gasteiger partial charge in [-0.2, -0.15) is 17.0 Å². The van der Waals surface area contributed by atoms with Crippen LogP contribution in [0.1, 0.15) is 35.8 Å². The number of rotatable bonds is 5. The van der Waals surface area contributed by atoms with Gasteiger partial charge in [0.2, 0.25) is 5.95 Å². The van der Waals surface area contributed by atoms with E-state index in [1.165, 1.54) is 4.31 Å². The molecule has 1 unspecified atom stereocenters. The van der Waals surface area contributed by atoms with Gasteiger partial charge < -0.3 is 5.32 Å². The Bertz CT molecular complexity index is 878. The predicted octanol–water partition coefficient (Wildman–Crippen LogP) is 2.22. The average Bonchev–Trinajstić information content (AvgIpc) is 2.61. The van der Waals surface area contributed by atoms with E-state index < -0.39 is 10.2 Å². The zero-order valence-electron chi connectivity index (χ0n) is 16.2. The first-order chi connectivity index (χ1) is 12.8. The minimum Gasteiger partial charge on any atom is -0.323 e. The lowest BCUT2D eigenvalue weighted by Gasteiger charge is -2.33. The summed E-state index contributed by atoms with van der Waals surface area (Å²) in [7, 11) is -0.263. The molecule has 2 aromatic heterocycles. The van der Waals surface area contributed by atoms with Gasteiger partial charge in [0.1, 0.15) is 0 Å². The molecular formula is C18H26N6O2S. The van der Waals surface area contributed by atoms with Crippen molar-refractivity contribution in [2.75, 3.05) is 32.5 Å². The van der Waals surface area contributed by atoms with Crippen LogP contribution in [0.15, 0.2) is 24.4 Å². The normalized spacial score (nSPS) is 18.6. The molecule has 1 N–H and O–H groups in total. The van der Waals surface area contributed by atoms with E-state index in [-0.39, 0.29) is 5.92 Å². The molecule has 3 heterocycles. The Morgan fingerprint density at radius 2 is 1.89 bits per heavy atom. The van der Waals surface area contributed by atoms with E-state index in [9.17, 15) is 8.42 Å². The molecule has 1 saturated heterocycles. The van der Waals surface area contributed by atoms with Crippen molar-refractivity contribution in [2.45, 2.75) is 32.6 Å². The number of hydrogen-bond donors (Lipinski definition) is 1. The predicted molar refractivity (Wildman–Crippen MR) is 105 cm³/mol. The fraction of sp³-hybridized carbons (Fsp3) is 0.500. The maximum absolute atomic E-state index is 12.4. The van der Waals surface area contributed by atoms with Crippen LogP contribution in [0.25, 0.3) is 0 Å². The molecule has 8 nitrogen and oxygen atoms in total. The van der Waals surface area contributed by atoms with Gasteiger partial charge in [0.15, 0.2) is 0 Å². The van der Waals surface area contributed by atoms with Crippen LogP contribution in [0.3, 0.4) is 0 Å². The number of anilines is 2. The molecule has 2 aromatic rings. The Hall–Kier alpha value is -2.10. The number of aromatic nitrogens is 3. The zero-order chi connectivity index (χ0) is 19.6. The molecule has 1 atom stereocenters. The number of nitrogens with zero attached hydrogens (tertiary/aromatic N) is 5. The van der Waals surface area contributed by atoms with Gasteiger partial charge in [-0.1, -0.05) is 0 Å². The smallest absolute Gasteiger partial charge is 0.281 e. The average molecular weight is 391 g/mol. The van der Waals surface area contributed by atoms with Crippen molar-refractivity contribution < 1.29 is 8.42 Å². The van der Waals surface area contributed by atoms with Gasteiger partial charge in [0.05, 0.1) is 11.9 Å². The van der Waals surface area contributed by atoms with Gasteiger partial charge in [-0.15, -0.1) is 0 Å². The maximum Gasteiger partial charge on any atom is 0.281 e. The summed E-state index contributed by atoms with van der Waals surface area (Å²) in [5, 5.41) is 3.17. The summed E-state index contributed by atoms with van der Waals surface area (Å²) in [4.78, 5) is 13.3. The molecule has 1 aliphatic rings. The van der Waals surface area contributed by atoms with Crippen LogP contribution in [0.4, 0.5) is 11.6 Å². The van der Waals surface area contributed by atoms with Gasteiger partial charge in [-0.25, -0.2) is 9.97 Å². The van der Waals surface area contributed by atoms with Crippen molar-refractivity contribution in [3.8, 4) is 0 Å². The Morgan fingerprint density at radius 3 is 2.48 bits per heavy atom. The number of nitrogens with one attached hydrogen (secondary N) is 1. The van der Waals surface area contributed by atoms with E-state index in [1.807, 2.05) is 32.0 Å². The second-order valence-corrected chi connectivity index (χ2v) is 9.20. The summed E-state index contributed by atoms with van der Waals surface area (Å²) >= 11 is 0. The minimum absolute atomic E-state index is 0.0972. The fourth-order valence-electron chi connectivity index (χ4n) is 3.26. The number of piperidine rings is 1. The molecule has 1 fully saturated rings. The third-order valence-electron chi connectivity index (χ3n) is 4.61. The Labute approximate surface area is 160 Å². The third-order valence-corrected chi connectivity index (χ3v) is 6.52. The van der Waals surface area contributed by atoms with Gasteiger partial charge in [0.25, 0.3) is 10.2 Å².